The van der Waals surface area contributed by atoms with Gasteiger partial charge >= 0.3 is 5.69 Å². The van der Waals surface area contributed by atoms with Gasteiger partial charge in [0.25, 0.3) is 5.56 Å². The highest BCUT2D eigenvalue weighted by Crippen LogP contribution is 2.18. The highest BCUT2D eigenvalue weighted by atomic mass is 16.5. The van der Waals surface area contributed by atoms with Crippen LogP contribution in [0, 0.1) is 5.92 Å². The van der Waals surface area contributed by atoms with E-state index in [2.05, 4.69) is 10.3 Å². The third-order valence-corrected chi connectivity index (χ3v) is 4.28. The average Bonchev–Trinajstić information content (AvgIpc) is 2.60. The van der Waals surface area contributed by atoms with Crippen LogP contribution in [0.3, 0.4) is 0 Å². The van der Waals surface area contributed by atoms with Crippen LogP contribution in [0.2, 0.25) is 0 Å². The summed E-state index contributed by atoms with van der Waals surface area (Å²) in [5.41, 5.74) is 5.28. The van der Waals surface area contributed by atoms with Crippen LogP contribution >= 0.6 is 0 Å². The molecule has 1 amide bonds. The van der Waals surface area contributed by atoms with Crippen molar-refractivity contribution in [2.45, 2.75) is 66.5 Å². The van der Waals surface area contributed by atoms with E-state index < -0.39 is 11.2 Å². The van der Waals surface area contributed by atoms with E-state index in [9.17, 15) is 14.4 Å². The second-order valence-corrected chi connectivity index (χ2v) is 7.90. The summed E-state index contributed by atoms with van der Waals surface area (Å²) in [7, 11) is 0. The van der Waals surface area contributed by atoms with Crippen LogP contribution in [0.1, 0.15) is 53.9 Å². The van der Waals surface area contributed by atoms with Crippen LogP contribution in [0.25, 0.3) is 0 Å². The van der Waals surface area contributed by atoms with Crippen molar-refractivity contribution in [3.8, 4) is 0 Å². The molecular weight excluding hydrogens is 374 g/mol. The zero-order valence-electron chi connectivity index (χ0n) is 18.4. The molecule has 0 aliphatic carbocycles. The summed E-state index contributed by atoms with van der Waals surface area (Å²) in [5, 5.41) is 2.85. The molecule has 0 atom stereocenters. The molecule has 0 radical (unpaired) electrons. The molecule has 4 N–H and O–H groups in total. The average molecular weight is 412 g/mol. The predicted molar refractivity (Wildman–Crippen MR) is 116 cm³/mol. The second kappa shape index (κ2) is 12.3. The largest absolute Gasteiger partial charge is 0.383 e. The van der Waals surface area contributed by atoms with Gasteiger partial charge in [0.05, 0.1) is 12.6 Å². The number of unbranched alkanes of at least 4 members (excludes halogenated alkanes) is 1. The maximum Gasteiger partial charge on any atom is 0.330 e. The number of H-pyrrole nitrogens is 1. The lowest BCUT2D eigenvalue weighted by Crippen LogP contribution is -2.44. The minimum Gasteiger partial charge on any atom is -0.383 e. The molecule has 166 valence electrons. The number of hydrogen-bond acceptors (Lipinski definition) is 6. The van der Waals surface area contributed by atoms with Crippen LogP contribution in [0.4, 0.5) is 11.5 Å². The molecule has 1 heterocycles. The Hall–Kier alpha value is -2.29. The van der Waals surface area contributed by atoms with Crippen LogP contribution in [-0.4, -0.2) is 47.8 Å². The first-order chi connectivity index (χ1) is 13.7. The molecule has 1 rings (SSSR count). The van der Waals surface area contributed by atoms with Gasteiger partial charge in [-0.05, 0) is 32.6 Å². The first-order valence-corrected chi connectivity index (χ1v) is 10.4. The molecule has 0 aromatic carbocycles. The Kier molecular flexibility index (Phi) is 10.5. The van der Waals surface area contributed by atoms with Gasteiger partial charge in [0.1, 0.15) is 11.5 Å². The normalized spacial score (nSPS) is 11.3. The molecule has 1 aromatic rings. The molecule has 1 aromatic heterocycles. The summed E-state index contributed by atoms with van der Waals surface area (Å²) >= 11 is 0. The van der Waals surface area contributed by atoms with Crippen LogP contribution in [0.5, 0.6) is 0 Å². The standard InChI is InChI=1S/C20H37N5O4/c1-6-7-10-25-18(21)17(19(27)23-20(25)28)24(12-14(2)3)13-16(26)22-9-8-11-29-15(4)5/h14-15H,6-13,21H2,1-5H3,(H,22,26)(H,23,27,28). The quantitative estimate of drug-likeness (QED) is 0.421. The van der Waals surface area contributed by atoms with Gasteiger partial charge in [-0.1, -0.05) is 27.2 Å². The molecule has 0 saturated carbocycles. The minimum atomic E-state index is -0.570. The second-order valence-electron chi connectivity index (χ2n) is 7.90. The Morgan fingerprint density at radius 1 is 1.24 bits per heavy atom. The topological polar surface area (TPSA) is 122 Å². The number of hydrogen-bond donors (Lipinski definition) is 3. The molecule has 0 aliphatic heterocycles. The lowest BCUT2D eigenvalue weighted by atomic mass is 10.2. The Balaban J connectivity index is 2.96. The van der Waals surface area contributed by atoms with Crippen molar-refractivity contribution in [2.24, 2.45) is 5.92 Å². The number of nitrogens with two attached hydrogens (primary N) is 1. The number of carbonyl (C=O) groups excluding carboxylic acids is 1. The molecule has 29 heavy (non-hydrogen) atoms. The van der Waals surface area contributed by atoms with Crippen molar-refractivity contribution >= 4 is 17.4 Å². The van der Waals surface area contributed by atoms with Crippen LogP contribution in [-0.2, 0) is 16.1 Å². The van der Waals surface area contributed by atoms with Crippen LogP contribution in [0.15, 0.2) is 9.59 Å². The molecular formula is C20H37N5O4. The molecule has 0 unspecified atom stereocenters. The van der Waals surface area contributed by atoms with E-state index in [1.807, 2.05) is 34.6 Å². The van der Waals surface area contributed by atoms with Gasteiger partial charge in [0, 0.05) is 26.2 Å². The zero-order chi connectivity index (χ0) is 22.0. The number of aromatic amines is 1. The highest BCUT2D eigenvalue weighted by molar-refractivity contribution is 5.82. The van der Waals surface area contributed by atoms with E-state index in [1.54, 1.807) is 4.90 Å². The van der Waals surface area contributed by atoms with Gasteiger partial charge in [0.2, 0.25) is 5.91 Å². The summed E-state index contributed by atoms with van der Waals surface area (Å²) in [5.74, 6) is 0.0864. The van der Waals surface area contributed by atoms with Gasteiger partial charge in [0.15, 0.2) is 0 Å². The smallest absolute Gasteiger partial charge is 0.330 e. The Bertz CT molecular complexity index is 754. The van der Waals surface area contributed by atoms with Crippen molar-refractivity contribution in [1.29, 1.82) is 0 Å². The zero-order valence-corrected chi connectivity index (χ0v) is 18.4. The van der Waals surface area contributed by atoms with Crippen molar-refractivity contribution < 1.29 is 9.53 Å². The van der Waals surface area contributed by atoms with Gasteiger partial charge in [-0.2, -0.15) is 0 Å². The number of carbonyl (C=O) groups is 1. The highest BCUT2D eigenvalue weighted by Gasteiger charge is 2.21. The third kappa shape index (κ3) is 8.31. The fraction of sp³-hybridized carbons (Fsp3) is 0.750. The van der Waals surface area contributed by atoms with Crippen molar-refractivity contribution in [3.05, 3.63) is 20.8 Å². The van der Waals surface area contributed by atoms with Gasteiger partial charge in [-0.25, -0.2) is 4.79 Å². The van der Waals surface area contributed by atoms with Gasteiger partial charge in [-0.3, -0.25) is 19.1 Å². The molecule has 0 spiro atoms. The number of aromatic nitrogens is 2. The van der Waals surface area contributed by atoms with E-state index in [1.165, 1.54) is 4.57 Å². The van der Waals surface area contributed by atoms with Gasteiger partial charge in [-0.15, -0.1) is 0 Å². The third-order valence-electron chi connectivity index (χ3n) is 4.28. The summed E-state index contributed by atoms with van der Waals surface area (Å²) in [6.45, 7) is 11.8. The van der Waals surface area contributed by atoms with Crippen molar-refractivity contribution in [3.63, 3.8) is 0 Å². The maximum absolute atomic E-state index is 12.5. The summed E-state index contributed by atoms with van der Waals surface area (Å²) < 4.78 is 6.83. The number of ether oxygens (including phenoxy) is 1. The molecule has 0 aliphatic rings. The van der Waals surface area contributed by atoms with Crippen molar-refractivity contribution in [2.75, 3.05) is 36.9 Å². The van der Waals surface area contributed by atoms with Gasteiger partial charge < -0.3 is 20.7 Å². The van der Waals surface area contributed by atoms with Crippen molar-refractivity contribution in [1.82, 2.24) is 14.9 Å². The molecule has 0 saturated heterocycles. The predicted octanol–water partition coefficient (Wildman–Crippen LogP) is 1.31. The Morgan fingerprint density at radius 2 is 1.93 bits per heavy atom. The Labute approximate surface area is 172 Å². The lowest BCUT2D eigenvalue weighted by molar-refractivity contribution is -0.119. The van der Waals surface area contributed by atoms with E-state index in [0.717, 1.165) is 12.8 Å². The van der Waals surface area contributed by atoms with E-state index in [-0.39, 0.29) is 36.0 Å². The summed E-state index contributed by atoms with van der Waals surface area (Å²) in [6.07, 6.45) is 2.52. The number of anilines is 2. The monoisotopic (exact) mass is 411 g/mol. The fourth-order valence-electron chi connectivity index (χ4n) is 2.95. The number of amides is 1. The van der Waals surface area contributed by atoms with E-state index in [0.29, 0.717) is 32.7 Å². The number of nitrogens with zero attached hydrogens (tertiary/aromatic N) is 2. The minimum absolute atomic E-state index is 0.0114. The number of nitrogen functional groups attached to an aromatic ring is 1. The lowest BCUT2D eigenvalue weighted by Gasteiger charge is -2.27. The SMILES string of the molecule is CCCCn1c(N)c(N(CC(=O)NCCCOC(C)C)CC(C)C)c(=O)[nH]c1=O. The maximum atomic E-state index is 12.5. The first-order valence-electron chi connectivity index (χ1n) is 10.4. The number of rotatable bonds is 13. The Morgan fingerprint density at radius 3 is 2.52 bits per heavy atom. The van der Waals surface area contributed by atoms with Crippen LogP contribution < -0.4 is 27.2 Å². The molecule has 0 bridgehead atoms. The van der Waals surface area contributed by atoms with E-state index >= 15 is 0 Å². The van der Waals surface area contributed by atoms with E-state index in [4.69, 9.17) is 10.5 Å². The first kappa shape index (κ1) is 24.7. The fourth-order valence-corrected chi connectivity index (χ4v) is 2.95. The summed E-state index contributed by atoms with van der Waals surface area (Å²) in [4.78, 5) is 41.1. The summed E-state index contributed by atoms with van der Waals surface area (Å²) in [6, 6.07) is 0. The molecule has 9 nitrogen and oxygen atoms in total. The molecule has 9 heteroatoms. The number of nitrogens with one attached hydrogen (secondary N) is 2. The molecule has 0 fully saturated rings.